The zero-order valence-electron chi connectivity index (χ0n) is 13.3. The fourth-order valence-corrected chi connectivity index (χ4v) is 4.34. The Labute approximate surface area is 136 Å². The molecular formula is C19H23N3O. The molecule has 0 saturated heterocycles. The monoisotopic (exact) mass is 309 g/mol. The Morgan fingerprint density at radius 2 is 2.09 bits per heavy atom. The number of carbonyl (C=O) groups is 1. The molecule has 1 aromatic carbocycles. The average Bonchev–Trinajstić information content (AvgIpc) is 3.31. The summed E-state index contributed by atoms with van der Waals surface area (Å²) in [5.41, 5.74) is 2.43. The first-order chi connectivity index (χ1) is 11.3. The zero-order valence-corrected chi connectivity index (χ0v) is 13.3. The van der Waals surface area contributed by atoms with Gasteiger partial charge in [-0.05, 0) is 42.2 Å². The second-order valence-corrected chi connectivity index (χ2v) is 7.00. The number of rotatable bonds is 5. The lowest BCUT2D eigenvalue weighted by Crippen LogP contribution is -2.33. The highest BCUT2D eigenvalue weighted by Crippen LogP contribution is 2.48. The summed E-state index contributed by atoms with van der Waals surface area (Å²) in [6.07, 6.45) is 10.5. The van der Waals surface area contributed by atoms with Crippen molar-refractivity contribution in [1.29, 1.82) is 0 Å². The van der Waals surface area contributed by atoms with E-state index in [2.05, 4.69) is 27.0 Å². The van der Waals surface area contributed by atoms with E-state index in [0.717, 1.165) is 18.9 Å². The standard InChI is InChI=1S/C19H23N3O/c23-19(18-10-14-5-6-15(18)9-14)21-11-16-3-1-2-4-17(16)12-22-8-7-20-13-22/h1-4,7-8,13-15,18H,5-6,9-12H2,(H,21,23). The molecule has 4 rings (SSSR count). The molecular weight excluding hydrogens is 286 g/mol. The van der Waals surface area contributed by atoms with E-state index >= 15 is 0 Å². The molecule has 4 heteroatoms. The Morgan fingerprint density at radius 1 is 1.22 bits per heavy atom. The normalized spacial score (nSPS) is 25.7. The molecule has 4 nitrogen and oxygen atoms in total. The molecule has 2 aromatic rings. The predicted octanol–water partition coefficient (Wildman–Crippen LogP) is 2.98. The van der Waals surface area contributed by atoms with Gasteiger partial charge in [0.05, 0.1) is 6.33 Å². The number of amides is 1. The number of nitrogens with zero attached hydrogens (tertiary/aromatic N) is 2. The Hall–Kier alpha value is -2.10. The van der Waals surface area contributed by atoms with Gasteiger partial charge in [-0.2, -0.15) is 0 Å². The highest BCUT2D eigenvalue weighted by atomic mass is 16.1. The molecule has 23 heavy (non-hydrogen) atoms. The molecule has 1 aromatic heterocycles. The summed E-state index contributed by atoms with van der Waals surface area (Å²) < 4.78 is 2.05. The summed E-state index contributed by atoms with van der Waals surface area (Å²) in [7, 11) is 0. The van der Waals surface area contributed by atoms with Crippen LogP contribution in [0.4, 0.5) is 0 Å². The largest absolute Gasteiger partial charge is 0.352 e. The van der Waals surface area contributed by atoms with Crippen molar-refractivity contribution < 1.29 is 4.79 Å². The Morgan fingerprint density at radius 3 is 2.78 bits per heavy atom. The van der Waals surface area contributed by atoms with E-state index in [4.69, 9.17) is 0 Å². The maximum atomic E-state index is 12.5. The topological polar surface area (TPSA) is 46.9 Å². The van der Waals surface area contributed by atoms with E-state index in [1.54, 1.807) is 6.20 Å². The number of hydrogen-bond donors (Lipinski definition) is 1. The average molecular weight is 309 g/mol. The van der Waals surface area contributed by atoms with Crippen molar-refractivity contribution in [2.45, 2.75) is 38.8 Å². The van der Waals surface area contributed by atoms with E-state index in [1.165, 1.54) is 30.4 Å². The smallest absolute Gasteiger partial charge is 0.223 e. The van der Waals surface area contributed by atoms with Gasteiger partial charge >= 0.3 is 0 Å². The third kappa shape index (κ3) is 3.03. The van der Waals surface area contributed by atoms with Gasteiger partial charge < -0.3 is 9.88 Å². The quantitative estimate of drug-likeness (QED) is 0.923. The number of hydrogen-bond acceptors (Lipinski definition) is 2. The van der Waals surface area contributed by atoms with E-state index in [-0.39, 0.29) is 11.8 Å². The Kier molecular flexibility index (Phi) is 3.90. The first-order valence-electron chi connectivity index (χ1n) is 8.60. The van der Waals surface area contributed by atoms with Crippen molar-refractivity contribution in [3.05, 3.63) is 54.1 Å². The summed E-state index contributed by atoms with van der Waals surface area (Å²) in [5, 5.41) is 3.18. The van der Waals surface area contributed by atoms with Crippen LogP contribution < -0.4 is 5.32 Å². The maximum absolute atomic E-state index is 12.5. The first kappa shape index (κ1) is 14.5. The van der Waals surface area contributed by atoms with Crippen molar-refractivity contribution in [3.63, 3.8) is 0 Å². The van der Waals surface area contributed by atoms with Crippen LogP contribution in [0.3, 0.4) is 0 Å². The van der Waals surface area contributed by atoms with Gasteiger partial charge in [-0.15, -0.1) is 0 Å². The van der Waals surface area contributed by atoms with Crippen LogP contribution in [-0.2, 0) is 17.9 Å². The first-order valence-corrected chi connectivity index (χ1v) is 8.60. The van der Waals surface area contributed by atoms with Gasteiger partial charge in [0.2, 0.25) is 5.91 Å². The Bertz CT molecular complexity index is 680. The number of aromatic nitrogens is 2. The summed E-state index contributed by atoms with van der Waals surface area (Å²) in [6, 6.07) is 8.32. The second kappa shape index (κ2) is 6.19. The van der Waals surface area contributed by atoms with Crippen LogP contribution in [-0.4, -0.2) is 15.5 Å². The minimum atomic E-state index is 0.259. The highest BCUT2D eigenvalue weighted by molar-refractivity contribution is 5.79. The van der Waals surface area contributed by atoms with Gasteiger partial charge in [0, 0.05) is 31.4 Å². The summed E-state index contributed by atoms with van der Waals surface area (Å²) in [6.45, 7) is 1.41. The number of carbonyl (C=O) groups excluding carboxylic acids is 1. The van der Waals surface area contributed by atoms with Gasteiger partial charge in [0.25, 0.3) is 0 Å². The van der Waals surface area contributed by atoms with E-state index in [0.29, 0.717) is 12.5 Å². The lowest BCUT2D eigenvalue weighted by atomic mass is 9.88. The second-order valence-electron chi connectivity index (χ2n) is 7.00. The predicted molar refractivity (Wildman–Crippen MR) is 88.6 cm³/mol. The molecule has 120 valence electrons. The number of benzene rings is 1. The van der Waals surface area contributed by atoms with E-state index in [9.17, 15) is 4.79 Å². The Balaban J connectivity index is 1.40. The highest BCUT2D eigenvalue weighted by Gasteiger charge is 2.42. The third-order valence-corrected chi connectivity index (χ3v) is 5.56. The zero-order chi connectivity index (χ0) is 15.6. The lowest BCUT2D eigenvalue weighted by molar-refractivity contribution is -0.126. The molecule has 2 fully saturated rings. The third-order valence-electron chi connectivity index (χ3n) is 5.56. The van der Waals surface area contributed by atoms with E-state index < -0.39 is 0 Å². The molecule has 2 aliphatic carbocycles. The molecule has 2 saturated carbocycles. The van der Waals surface area contributed by atoms with Gasteiger partial charge in [0.15, 0.2) is 0 Å². The van der Waals surface area contributed by atoms with Gasteiger partial charge in [-0.1, -0.05) is 30.7 Å². The van der Waals surface area contributed by atoms with Crippen molar-refractivity contribution >= 4 is 5.91 Å². The summed E-state index contributed by atoms with van der Waals surface area (Å²) in [4.78, 5) is 16.6. The lowest BCUT2D eigenvalue weighted by Gasteiger charge is -2.21. The summed E-state index contributed by atoms with van der Waals surface area (Å²) >= 11 is 0. The maximum Gasteiger partial charge on any atom is 0.223 e. The van der Waals surface area contributed by atoms with Gasteiger partial charge in [-0.25, -0.2) is 4.98 Å². The SMILES string of the molecule is O=C(NCc1ccccc1Cn1ccnc1)C1CC2CCC1C2. The molecule has 2 bridgehead atoms. The summed E-state index contributed by atoms with van der Waals surface area (Å²) in [5.74, 6) is 1.97. The minimum Gasteiger partial charge on any atom is -0.352 e. The van der Waals surface area contributed by atoms with Crippen LogP contribution in [0, 0.1) is 17.8 Å². The molecule has 0 aliphatic heterocycles. The van der Waals surface area contributed by atoms with Crippen molar-refractivity contribution in [1.82, 2.24) is 14.9 Å². The van der Waals surface area contributed by atoms with Gasteiger partial charge in [0.1, 0.15) is 0 Å². The molecule has 1 heterocycles. The molecule has 1 N–H and O–H groups in total. The molecule has 3 unspecified atom stereocenters. The van der Waals surface area contributed by atoms with Crippen LogP contribution >= 0.6 is 0 Å². The van der Waals surface area contributed by atoms with Crippen LogP contribution in [0.15, 0.2) is 43.0 Å². The molecule has 2 aliphatic rings. The fraction of sp³-hybridized carbons (Fsp3) is 0.474. The number of fused-ring (bicyclic) bond motifs is 2. The van der Waals surface area contributed by atoms with Crippen molar-refractivity contribution in [3.8, 4) is 0 Å². The molecule has 3 atom stereocenters. The molecule has 1 amide bonds. The molecule has 0 spiro atoms. The molecule has 0 radical (unpaired) electrons. The van der Waals surface area contributed by atoms with Crippen LogP contribution in [0.5, 0.6) is 0 Å². The van der Waals surface area contributed by atoms with Crippen LogP contribution in [0.1, 0.15) is 36.8 Å². The van der Waals surface area contributed by atoms with Crippen molar-refractivity contribution in [2.75, 3.05) is 0 Å². The minimum absolute atomic E-state index is 0.259. The number of imidazole rings is 1. The fourth-order valence-electron chi connectivity index (χ4n) is 4.34. The van der Waals surface area contributed by atoms with Crippen LogP contribution in [0.2, 0.25) is 0 Å². The van der Waals surface area contributed by atoms with Gasteiger partial charge in [-0.3, -0.25) is 4.79 Å². The number of nitrogens with one attached hydrogen (secondary N) is 1. The van der Waals surface area contributed by atoms with Crippen molar-refractivity contribution in [2.24, 2.45) is 17.8 Å². The van der Waals surface area contributed by atoms with Crippen LogP contribution in [0.25, 0.3) is 0 Å². The van der Waals surface area contributed by atoms with E-state index in [1.807, 2.05) is 24.7 Å².